The normalized spacial score (nSPS) is 20.8. The average Bonchev–Trinajstić information content (AvgIpc) is 2.54. The van der Waals surface area contributed by atoms with E-state index in [1.807, 2.05) is 24.4 Å². The highest BCUT2D eigenvalue weighted by atomic mass is 16.2. The van der Waals surface area contributed by atoms with Crippen molar-refractivity contribution in [1.82, 2.24) is 10.3 Å². The fourth-order valence-corrected chi connectivity index (χ4v) is 3.93. The van der Waals surface area contributed by atoms with E-state index >= 15 is 0 Å². The van der Waals surface area contributed by atoms with Crippen LogP contribution in [0.5, 0.6) is 0 Å². The molecule has 2 saturated heterocycles. The second kappa shape index (κ2) is 5.33. The molecular weight excluding hydrogens is 290 g/mol. The summed E-state index contributed by atoms with van der Waals surface area (Å²) in [5.74, 6) is -0.242. The highest BCUT2D eigenvalue weighted by Gasteiger charge is 2.41. The van der Waals surface area contributed by atoms with Crippen LogP contribution >= 0.6 is 0 Å². The van der Waals surface area contributed by atoms with Crippen molar-refractivity contribution in [2.75, 3.05) is 18.0 Å². The van der Waals surface area contributed by atoms with Crippen LogP contribution in [0.3, 0.4) is 0 Å². The Morgan fingerprint density at radius 3 is 2.48 bits per heavy atom. The number of anilines is 1. The molecule has 0 saturated carbocycles. The molecule has 5 heteroatoms. The lowest BCUT2D eigenvalue weighted by Crippen LogP contribution is -2.50. The van der Waals surface area contributed by atoms with E-state index in [1.54, 1.807) is 0 Å². The zero-order chi connectivity index (χ0) is 15.9. The van der Waals surface area contributed by atoms with Gasteiger partial charge in [0.2, 0.25) is 11.8 Å². The SMILES string of the molecule is O=C1CC2(CCN(c3cccc4ncccc34)CC2)CC(=O)N1. The lowest BCUT2D eigenvalue weighted by Gasteiger charge is -2.44. The van der Waals surface area contributed by atoms with Crippen molar-refractivity contribution in [2.24, 2.45) is 5.41 Å². The Bertz CT molecular complexity index is 755. The maximum atomic E-state index is 11.7. The van der Waals surface area contributed by atoms with Crippen LogP contribution in [0.4, 0.5) is 5.69 Å². The van der Waals surface area contributed by atoms with Gasteiger partial charge in [0.15, 0.2) is 0 Å². The Balaban J connectivity index is 1.57. The van der Waals surface area contributed by atoms with Crippen LogP contribution in [0.1, 0.15) is 25.7 Å². The molecule has 0 atom stereocenters. The van der Waals surface area contributed by atoms with Gasteiger partial charge in [0.1, 0.15) is 0 Å². The van der Waals surface area contributed by atoms with Gasteiger partial charge in [0.05, 0.1) is 5.52 Å². The summed E-state index contributed by atoms with van der Waals surface area (Å²) in [6.07, 6.45) is 4.52. The predicted octanol–water partition coefficient (Wildman–Crippen LogP) is 2.26. The average molecular weight is 309 g/mol. The first-order valence-corrected chi connectivity index (χ1v) is 8.07. The van der Waals surface area contributed by atoms with Gasteiger partial charge in [0, 0.05) is 43.2 Å². The molecule has 118 valence electrons. The summed E-state index contributed by atoms with van der Waals surface area (Å²) in [6.45, 7) is 1.74. The highest BCUT2D eigenvalue weighted by Crippen LogP contribution is 2.42. The quantitative estimate of drug-likeness (QED) is 0.821. The topological polar surface area (TPSA) is 62.3 Å². The monoisotopic (exact) mass is 309 g/mol. The molecule has 1 spiro atoms. The van der Waals surface area contributed by atoms with E-state index < -0.39 is 0 Å². The molecule has 2 aliphatic rings. The Morgan fingerprint density at radius 1 is 1.00 bits per heavy atom. The molecule has 0 unspecified atom stereocenters. The number of amides is 2. The van der Waals surface area contributed by atoms with Crippen molar-refractivity contribution in [1.29, 1.82) is 0 Å². The maximum absolute atomic E-state index is 11.7. The Hall–Kier alpha value is -2.43. The molecule has 0 radical (unpaired) electrons. The predicted molar refractivity (Wildman–Crippen MR) is 88.0 cm³/mol. The molecule has 2 amide bonds. The van der Waals surface area contributed by atoms with E-state index in [0.717, 1.165) is 36.8 Å². The number of carbonyl (C=O) groups is 2. The van der Waals surface area contributed by atoms with Gasteiger partial charge in [-0.3, -0.25) is 19.9 Å². The molecule has 0 bridgehead atoms. The molecule has 23 heavy (non-hydrogen) atoms. The van der Waals surface area contributed by atoms with Crippen molar-refractivity contribution < 1.29 is 9.59 Å². The first kappa shape index (κ1) is 14.2. The molecule has 2 aromatic rings. The van der Waals surface area contributed by atoms with E-state index in [1.165, 1.54) is 5.69 Å². The maximum Gasteiger partial charge on any atom is 0.227 e. The Labute approximate surface area is 134 Å². The van der Waals surface area contributed by atoms with Crippen molar-refractivity contribution in [2.45, 2.75) is 25.7 Å². The summed E-state index contributed by atoms with van der Waals surface area (Å²) >= 11 is 0. The summed E-state index contributed by atoms with van der Waals surface area (Å²) < 4.78 is 0. The second-order valence-corrected chi connectivity index (χ2v) is 6.66. The van der Waals surface area contributed by atoms with Gasteiger partial charge in [-0.15, -0.1) is 0 Å². The van der Waals surface area contributed by atoms with Crippen LogP contribution in [0.2, 0.25) is 0 Å². The van der Waals surface area contributed by atoms with Crippen LogP contribution in [0.15, 0.2) is 36.5 Å². The molecule has 2 fully saturated rings. The van der Waals surface area contributed by atoms with Gasteiger partial charge in [-0.25, -0.2) is 0 Å². The number of nitrogens with zero attached hydrogens (tertiary/aromatic N) is 2. The first-order chi connectivity index (χ1) is 11.2. The molecular formula is C18H19N3O2. The number of hydrogen-bond donors (Lipinski definition) is 1. The number of benzene rings is 1. The van der Waals surface area contributed by atoms with Crippen molar-refractivity contribution in [3.05, 3.63) is 36.5 Å². The molecule has 5 nitrogen and oxygen atoms in total. The minimum absolute atomic E-state index is 0.121. The molecule has 0 aliphatic carbocycles. The third-order valence-electron chi connectivity index (χ3n) is 5.14. The number of piperidine rings is 2. The highest BCUT2D eigenvalue weighted by molar-refractivity contribution is 5.98. The third kappa shape index (κ3) is 2.56. The summed E-state index contributed by atoms with van der Waals surface area (Å²) in [5, 5.41) is 3.57. The fourth-order valence-electron chi connectivity index (χ4n) is 3.93. The van der Waals surface area contributed by atoms with Crippen molar-refractivity contribution >= 4 is 28.4 Å². The Kier molecular flexibility index (Phi) is 3.29. The van der Waals surface area contributed by atoms with Crippen LogP contribution in [-0.2, 0) is 9.59 Å². The molecule has 1 aromatic heterocycles. The number of aromatic nitrogens is 1. The summed E-state index contributed by atoms with van der Waals surface area (Å²) in [6, 6.07) is 10.2. The largest absolute Gasteiger partial charge is 0.371 e. The van der Waals surface area contributed by atoms with Gasteiger partial charge in [-0.2, -0.15) is 0 Å². The van der Waals surface area contributed by atoms with Gasteiger partial charge >= 0.3 is 0 Å². The van der Waals surface area contributed by atoms with Crippen LogP contribution < -0.4 is 10.2 Å². The third-order valence-corrected chi connectivity index (χ3v) is 5.14. The summed E-state index contributed by atoms with van der Waals surface area (Å²) in [7, 11) is 0. The summed E-state index contributed by atoms with van der Waals surface area (Å²) in [4.78, 5) is 30.2. The van der Waals surface area contributed by atoms with E-state index in [4.69, 9.17) is 0 Å². The van der Waals surface area contributed by atoms with Crippen LogP contribution in [0.25, 0.3) is 10.9 Å². The number of rotatable bonds is 1. The van der Waals surface area contributed by atoms with Gasteiger partial charge in [0.25, 0.3) is 0 Å². The van der Waals surface area contributed by atoms with Gasteiger partial charge in [-0.05, 0) is 42.5 Å². The van der Waals surface area contributed by atoms with Crippen molar-refractivity contribution in [3.8, 4) is 0 Å². The second-order valence-electron chi connectivity index (χ2n) is 6.66. The number of carbonyl (C=O) groups excluding carboxylic acids is 2. The first-order valence-electron chi connectivity index (χ1n) is 8.07. The number of nitrogens with one attached hydrogen (secondary N) is 1. The van der Waals surface area contributed by atoms with Crippen LogP contribution in [0, 0.1) is 5.41 Å². The zero-order valence-corrected chi connectivity index (χ0v) is 12.9. The minimum Gasteiger partial charge on any atom is -0.371 e. The van der Waals surface area contributed by atoms with E-state index in [9.17, 15) is 9.59 Å². The van der Waals surface area contributed by atoms with Crippen LogP contribution in [-0.4, -0.2) is 29.9 Å². The van der Waals surface area contributed by atoms with E-state index in [0.29, 0.717) is 12.8 Å². The number of fused-ring (bicyclic) bond motifs is 1. The van der Waals surface area contributed by atoms with Crippen molar-refractivity contribution in [3.63, 3.8) is 0 Å². The molecule has 1 aromatic carbocycles. The standard InChI is InChI=1S/C18H19N3O2/c22-16-11-18(12-17(23)20-16)6-9-21(10-7-18)15-5-1-4-14-13(15)3-2-8-19-14/h1-5,8H,6-7,9-12H2,(H,20,22,23). The molecule has 4 rings (SSSR count). The van der Waals surface area contributed by atoms with E-state index in [2.05, 4.69) is 27.3 Å². The fraction of sp³-hybridized carbons (Fsp3) is 0.389. The zero-order valence-electron chi connectivity index (χ0n) is 12.9. The number of imide groups is 1. The summed E-state index contributed by atoms with van der Waals surface area (Å²) in [5.41, 5.74) is 2.05. The lowest BCUT2D eigenvalue weighted by molar-refractivity contribution is -0.138. The Morgan fingerprint density at radius 2 is 1.74 bits per heavy atom. The van der Waals surface area contributed by atoms with Gasteiger partial charge < -0.3 is 4.90 Å². The lowest BCUT2D eigenvalue weighted by atomic mass is 9.71. The number of hydrogen-bond acceptors (Lipinski definition) is 4. The minimum atomic E-state index is -0.140. The van der Waals surface area contributed by atoms with Gasteiger partial charge in [-0.1, -0.05) is 6.07 Å². The molecule has 3 heterocycles. The molecule has 1 N–H and O–H groups in total. The smallest absolute Gasteiger partial charge is 0.227 e. The van der Waals surface area contributed by atoms with E-state index in [-0.39, 0.29) is 17.2 Å². The number of pyridine rings is 1. The molecule has 2 aliphatic heterocycles.